The summed E-state index contributed by atoms with van der Waals surface area (Å²) in [6.07, 6.45) is 6.91. The van der Waals surface area contributed by atoms with Crippen LogP contribution in [0.4, 0.5) is 0 Å². The fourth-order valence-electron chi connectivity index (χ4n) is 2.03. The van der Waals surface area contributed by atoms with Crippen molar-refractivity contribution in [1.82, 2.24) is 5.32 Å². The molecule has 1 aromatic carbocycles. The first kappa shape index (κ1) is 11.1. The van der Waals surface area contributed by atoms with Gasteiger partial charge in [-0.2, -0.15) is 0 Å². The van der Waals surface area contributed by atoms with E-state index in [2.05, 4.69) is 23.5 Å². The highest BCUT2D eigenvalue weighted by Gasteiger charge is 2.18. The molecule has 1 N–H and O–H groups in total. The van der Waals surface area contributed by atoms with Crippen molar-refractivity contribution in [3.63, 3.8) is 0 Å². The molecule has 0 bridgehead atoms. The van der Waals surface area contributed by atoms with Gasteiger partial charge in [-0.25, -0.2) is 0 Å². The Balaban J connectivity index is 2.07. The summed E-state index contributed by atoms with van der Waals surface area (Å²) < 4.78 is 0. The second kappa shape index (κ2) is 5.08. The van der Waals surface area contributed by atoms with Gasteiger partial charge in [0.15, 0.2) is 5.78 Å². The molecule has 0 radical (unpaired) electrons. The molecule has 0 saturated heterocycles. The summed E-state index contributed by atoms with van der Waals surface area (Å²) in [7, 11) is 1.95. The second-order valence-electron chi connectivity index (χ2n) is 4.13. The molecule has 0 heterocycles. The highest BCUT2D eigenvalue weighted by molar-refractivity contribution is 6.00. The van der Waals surface area contributed by atoms with E-state index in [9.17, 15) is 4.79 Å². The highest BCUT2D eigenvalue weighted by Crippen LogP contribution is 2.23. The first-order chi connectivity index (χ1) is 7.81. The van der Waals surface area contributed by atoms with Crippen LogP contribution in [0.25, 0.3) is 6.08 Å². The number of benzene rings is 1. The lowest BCUT2D eigenvalue weighted by molar-refractivity contribution is 0.0994. The average molecular weight is 215 g/mol. The molecule has 84 valence electrons. The van der Waals surface area contributed by atoms with E-state index in [0.29, 0.717) is 12.2 Å². The summed E-state index contributed by atoms with van der Waals surface area (Å²) in [5.74, 6) is 0.292. The Labute approximate surface area is 96.4 Å². The maximum absolute atomic E-state index is 11.4. The maximum atomic E-state index is 11.4. The molecule has 2 rings (SSSR count). The fraction of sp³-hybridized carbons (Fsp3) is 0.357. The Morgan fingerprint density at radius 1 is 1.38 bits per heavy atom. The van der Waals surface area contributed by atoms with E-state index in [1.807, 2.05) is 19.2 Å². The van der Waals surface area contributed by atoms with Crippen molar-refractivity contribution in [2.75, 3.05) is 13.6 Å². The Kier molecular flexibility index (Phi) is 3.52. The van der Waals surface area contributed by atoms with Crippen molar-refractivity contribution >= 4 is 11.9 Å². The molecule has 0 amide bonds. The minimum Gasteiger partial charge on any atom is -0.319 e. The summed E-state index contributed by atoms with van der Waals surface area (Å²) in [5, 5.41) is 3.11. The van der Waals surface area contributed by atoms with Crippen LogP contribution in [0.3, 0.4) is 0 Å². The van der Waals surface area contributed by atoms with E-state index in [0.717, 1.165) is 24.9 Å². The van der Waals surface area contributed by atoms with Crippen molar-refractivity contribution in [2.24, 2.45) is 0 Å². The zero-order valence-corrected chi connectivity index (χ0v) is 9.62. The van der Waals surface area contributed by atoms with Crippen LogP contribution in [-0.2, 0) is 6.42 Å². The van der Waals surface area contributed by atoms with Gasteiger partial charge in [-0.05, 0) is 37.6 Å². The molecule has 0 fully saturated rings. The van der Waals surface area contributed by atoms with Gasteiger partial charge in [0.05, 0.1) is 0 Å². The quantitative estimate of drug-likeness (QED) is 0.782. The topological polar surface area (TPSA) is 29.1 Å². The standard InChI is InChI=1S/C14H17NO/c1-15-9-3-2-4-11-5-7-13-12(10-11)6-8-14(13)16/h2,4-5,7,10,15H,3,6,8-9H2,1H3. The summed E-state index contributed by atoms with van der Waals surface area (Å²) in [5.41, 5.74) is 3.33. The smallest absolute Gasteiger partial charge is 0.163 e. The van der Waals surface area contributed by atoms with Crippen LogP contribution < -0.4 is 5.32 Å². The number of Topliss-reactive ketones (excluding diaryl/α,β-unsaturated/α-hetero) is 1. The van der Waals surface area contributed by atoms with Gasteiger partial charge in [0.1, 0.15) is 0 Å². The number of carbonyl (C=O) groups excluding carboxylic acids is 1. The number of hydrogen-bond acceptors (Lipinski definition) is 2. The molecule has 1 aromatic rings. The van der Waals surface area contributed by atoms with Gasteiger partial charge in [0.2, 0.25) is 0 Å². The zero-order chi connectivity index (χ0) is 11.4. The predicted molar refractivity (Wildman–Crippen MR) is 66.7 cm³/mol. The van der Waals surface area contributed by atoms with E-state index in [1.54, 1.807) is 0 Å². The molecular weight excluding hydrogens is 198 g/mol. The largest absolute Gasteiger partial charge is 0.319 e. The third-order valence-electron chi connectivity index (χ3n) is 2.92. The van der Waals surface area contributed by atoms with E-state index in [4.69, 9.17) is 0 Å². The van der Waals surface area contributed by atoms with Crippen molar-refractivity contribution < 1.29 is 4.79 Å². The Hall–Kier alpha value is -1.41. The SMILES string of the molecule is CNCCC=Cc1ccc2c(c1)CCC2=O. The molecule has 16 heavy (non-hydrogen) atoms. The van der Waals surface area contributed by atoms with Gasteiger partial charge in [-0.1, -0.05) is 30.4 Å². The fourth-order valence-corrected chi connectivity index (χ4v) is 2.03. The van der Waals surface area contributed by atoms with E-state index >= 15 is 0 Å². The number of fused-ring (bicyclic) bond motifs is 1. The number of hydrogen-bond donors (Lipinski definition) is 1. The number of aryl methyl sites for hydroxylation is 1. The first-order valence-electron chi connectivity index (χ1n) is 5.78. The highest BCUT2D eigenvalue weighted by atomic mass is 16.1. The van der Waals surface area contributed by atoms with Crippen LogP contribution in [0.5, 0.6) is 0 Å². The number of carbonyl (C=O) groups is 1. The third-order valence-corrected chi connectivity index (χ3v) is 2.92. The van der Waals surface area contributed by atoms with Crippen molar-refractivity contribution in [3.8, 4) is 0 Å². The van der Waals surface area contributed by atoms with Crippen molar-refractivity contribution in [3.05, 3.63) is 41.0 Å². The first-order valence-corrected chi connectivity index (χ1v) is 5.78. The Morgan fingerprint density at radius 3 is 3.06 bits per heavy atom. The lowest BCUT2D eigenvalue weighted by Gasteiger charge is -1.99. The lowest BCUT2D eigenvalue weighted by atomic mass is 10.1. The van der Waals surface area contributed by atoms with Gasteiger partial charge in [0.25, 0.3) is 0 Å². The zero-order valence-electron chi connectivity index (χ0n) is 9.62. The minimum atomic E-state index is 0.292. The molecule has 1 aliphatic carbocycles. The maximum Gasteiger partial charge on any atom is 0.163 e. The average Bonchev–Trinajstić information content (AvgIpc) is 2.66. The van der Waals surface area contributed by atoms with Gasteiger partial charge in [-0.15, -0.1) is 0 Å². The van der Waals surface area contributed by atoms with Gasteiger partial charge in [0, 0.05) is 12.0 Å². The molecule has 0 spiro atoms. The molecule has 0 unspecified atom stereocenters. The number of rotatable bonds is 4. The molecule has 0 aromatic heterocycles. The molecule has 0 aliphatic heterocycles. The van der Waals surface area contributed by atoms with Crippen LogP contribution >= 0.6 is 0 Å². The molecule has 2 nitrogen and oxygen atoms in total. The van der Waals surface area contributed by atoms with Crippen molar-refractivity contribution in [1.29, 1.82) is 0 Å². The lowest BCUT2D eigenvalue weighted by Crippen LogP contribution is -2.05. The Morgan fingerprint density at radius 2 is 2.25 bits per heavy atom. The van der Waals surface area contributed by atoms with Crippen molar-refractivity contribution in [2.45, 2.75) is 19.3 Å². The third kappa shape index (κ3) is 2.39. The summed E-state index contributed by atoms with van der Waals surface area (Å²) in [6.45, 7) is 1.000. The van der Waals surface area contributed by atoms with Gasteiger partial charge in [-0.3, -0.25) is 4.79 Å². The van der Waals surface area contributed by atoms with Crippen LogP contribution in [0.2, 0.25) is 0 Å². The molecule has 0 saturated carbocycles. The van der Waals surface area contributed by atoms with Crippen LogP contribution in [0, 0.1) is 0 Å². The predicted octanol–water partition coefficient (Wildman–Crippen LogP) is 2.44. The summed E-state index contributed by atoms with van der Waals surface area (Å²) >= 11 is 0. The molecule has 2 heteroatoms. The molecular formula is C14H17NO. The minimum absolute atomic E-state index is 0.292. The number of nitrogens with one attached hydrogen (secondary N) is 1. The van der Waals surface area contributed by atoms with Gasteiger partial charge >= 0.3 is 0 Å². The summed E-state index contributed by atoms with van der Waals surface area (Å²) in [4.78, 5) is 11.4. The molecule has 0 atom stereocenters. The van der Waals surface area contributed by atoms with Crippen LogP contribution in [0.1, 0.15) is 34.3 Å². The van der Waals surface area contributed by atoms with E-state index in [-0.39, 0.29) is 0 Å². The van der Waals surface area contributed by atoms with Crippen LogP contribution in [0.15, 0.2) is 24.3 Å². The van der Waals surface area contributed by atoms with E-state index < -0.39 is 0 Å². The Bertz CT molecular complexity index is 421. The number of ketones is 1. The second-order valence-corrected chi connectivity index (χ2v) is 4.13. The molecule has 1 aliphatic rings. The summed E-state index contributed by atoms with van der Waals surface area (Å²) in [6, 6.07) is 6.12. The normalized spacial score (nSPS) is 14.7. The monoisotopic (exact) mass is 215 g/mol. The van der Waals surface area contributed by atoms with E-state index in [1.165, 1.54) is 11.1 Å². The van der Waals surface area contributed by atoms with Crippen LogP contribution in [-0.4, -0.2) is 19.4 Å². The van der Waals surface area contributed by atoms with Gasteiger partial charge < -0.3 is 5.32 Å².